The van der Waals surface area contributed by atoms with Crippen molar-refractivity contribution in [3.8, 4) is 6.07 Å². The fourth-order valence-electron chi connectivity index (χ4n) is 5.32. The molecule has 4 atom stereocenters. The fourth-order valence-corrected chi connectivity index (χ4v) is 6.31. The van der Waals surface area contributed by atoms with Crippen molar-refractivity contribution >= 4 is 11.3 Å². The highest BCUT2D eigenvalue weighted by molar-refractivity contribution is 7.09. The Bertz CT molecular complexity index is 559. The van der Waals surface area contributed by atoms with Crippen molar-refractivity contribution in [3.63, 3.8) is 0 Å². The van der Waals surface area contributed by atoms with Gasteiger partial charge in [0.25, 0.3) is 0 Å². The molecule has 1 aromatic rings. The number of nitrogens with zero attached hydrogens (tertiary/aromatic N) is 1. The van der Waals surface area contributed by atoms with Crippen LogP contribution in [-0.2, 0) is 6.42 Å². The lowest BCUT2D eigenvalue weighted by molar-refractivity contribution is 0.0740. The van der Waals surface area contributed by atoms with E-state index in [2.05, 4.69) is 17.5 Å². The van der Waals surface area contributed by atoms with Crippen molar-refractivity contribution in [3.05, 3.63) is 27.5 Å². The molecule has 0 saturated heterocycles. The first-order valence-corrected chi connectivity index (χ1v) is 9.10. The predicted molar refractivity (Wildman–Crippen MR) is 82.7 cm³/mol. The lowest BCUT2D eigenvalue weighted by atomic mass is 9.57. The molecule has 1 heterocycles. The maximum absolute atomic E-state index is 9.47. The summed E-state index contributed by atoms with van der Waals surface area (Å²) in [6.07, 6.45) is 11.2. The van der Waals surface area contributed by atoms with Crippen molar-refractivity contribution in [2.45, 2.75) is 57.3 Å². The van der Waals surface area contributed by atoms with Crippen LogP contribution in [0.5, 0.6) is 0 Å². The number of nitriles is 1. The molecule has 1 aromatic heterocycles. The summed E-state index contributed by atoms with van der Waals surface area (Å²) in [7, 11) is 0. The zero-order valence-electron chi connectivity index (χ0n) is 12.0. The third kappa shape index (κ3) is 1.91. The van der Waals surface area contributed by atoms with Crippen LogP contribution in [0.15, 0.2) is 11.4 Å². The lowest BCUT2D eigenvalue weighted by Gasteiger charge is -2.47. The van der Waals surface area contributed by atoms with Gasteiger partial charge in [-0.1, -0.05) is 19.3 Å². The van der Waals surface area contributed by atoms with E-state index < -0.39 is 0 Å². The summed E-state index contributed by atoms with van der Waals surface area (Å²) in [6.45, 7) is 0. The van der Waals surface area contributed by atoms with E-state index in [4.69, 9.17) is 0 Å². The maximum Gasteiger partial charge on any atom is 0.215 e. The molecule has 2 heteroatoms. The summed E-state index contributed by atoms with van der Waals surface area (Å²) in [5.41, 5.74) is 2.43. The van der Waals surface area contributed by atoms with Crippen LogP contribution in [0.4, 0.5) is 0 Å². The summed E-state index contributed by atoms with van der Waals surface area (Å²) in [5.74, 6) is 3.55. The second-order valence-electron chi connectivity index (χ2n) is 6.88. The van der Waals surface area contributed by atoms with Gasteiger partial charge in [0.2, 0.25) is 16.2 Å². The highest BCUT2D eigenvalue weighted by atomic mass is 32.1. The van der Waals surface area contributed by atoms with Crippen LogP contribution in [0, 0.1) is 29.1 Å². The molecule has 20 heavy (non-hydrogen) atoms. The Kier molecular flexibility index (Phi) is 3.27. The van der Waals surface area contributed by atoms with Gasteiger partial charge in [0.15, 0.2) is 5.38 Å². The average molecular weight is 284 g/mol. The van der Waals surface area contributed by atoms with Crippen molar-refractivity contribution in [1.29, 1.82) is 5.26 Å². The molecule has 0 amide bonds. The SMILES string of the molecule is N#Cc1cc[s+]c2c1C1CCC3CCCCC3C1CC2. The van der Waals surface area contributed by atoms with Gasteiger partial charge in [-0.25, -0.2) is 0 Å². The first kappa shape index (κ1) is 12.8. The lowest BCUT2D eigenvalue weighted by Crippen LogP contribution is -2.38. The van der Waals surface area contributed by atoms with Gasteiger partial charge in [-0.05, 0) is 49.4 Å². The Morgan fingerprint density at radius 2 is 1.95 bits per heavy atom. The zero-order valence-corrected chi connectivity index (χ0v) is 12.8. The first-order valence-electron chi connectivity index (χ1n) is 8.22. The molecule has 0 spiro atoms. The van der Waals surface area contributed by atoms with E-state index >= 15 is 0 Å². The van der Waals surface area contributed by atoms with Crippen LogP contribution < -0.4 is 0 Å². The standard InChI is InChI=1S/C18H22NS/c19-11-13-9-10-20-17-8-7-15-14-4-2-1-3-12(14)5-6-16(15)18(13)17/h9-10,12,14-16H,1-8H2/q+1. The van der Waals surface area contributed by atoms with Gasteiger partial charge < -0.3 is 0 Å². The van der Waals surface area contributed by atoms with E-state index in [1.54, 1.807) is 0 Å². The van der Waals surface area contributed by atoms with Gasteiger partial charge in [-0.15, -0.1) is 0 Å². The Morgan fingerprint density at radius 3 is 2.85 bits per heavy atom. The number of aryl methyl sites for hydroxylation is 1. The molecule has 3 aliphatic carbocycles. The molecule has 0 bridgehead atoms. The van der Waals surface area contributed by atoms with Crippen molar-refractivity contribution in [1.82, 2.24) is 0 Å². The molecular weight excluding hydrogens is 262 g/mol. The predicted octanol–water partition coefficient (Wildman–Crippen LogP) is 5.15. The molecule has 0 aliphatic heterocycles. The van der Waals surface area contributed by atoms with Crippen molar-refractivity contribution < 1.29 is 0 Å². The summed E-state index contributed by atoms with van der Waals surface area (Å²) in [4.78, 5) is 1.51. The van der Waals surface area contributed by atoms with Crippen LogP contribution in [0.1, 0.15) is 66.9 Å². The van der Waals surface area contributed by atoms with Crippen molar-refractivity contribution in [2.75, 3.05) is 0 Å². The number of hydrogen-bond donors (Lipinski definition) is 0. The van der Waals surface area contributed by atoms with Crippen LogP contribution in [0.25, 0.3) is 0 Å². The molecule has 1 nitrogen and oxygen atoms in total. The van der Waals surface area contributed by atoms with Crippen LogP contribution in [0.3, 0.4) is 0 Å². The van der Waals surface area contributed by atoms with E-state index in [0.717, 1.165) is 23.3 Å². The minimum absolute atomic E-state index is 0.699. The Balaban J connectivity index is 1.73. The maximum atomic E-state index is 9.47. The van der Waals surface area contributed by atoms with E-state index in [-0.39, 0.29) is 0 Å². The number of hydrogen-bond acceptors (Lipinski definition) is 1. The molecule has 4 rings (SSSR count). The van der Waals surface area contributed by atoms with Gasteiger partial charge in [0, 0.05) is 18.1 Å². The fraction of sp³-hybridized carbons (Fsp3) is 0.667. The molecule has 2 fully saturated rings. The highest BCUT2D eigenvalue weighted by Gasteiger charge is 2.45. The number of fused-ring (bicyclic) bond motifs is 5. The highest BCUT2D eigenvalue weighted by Crippen LogP contribution is 2.54. The third-order valence-corrected chi connectivity index (χ3v) is 7.10. The van der Waals surface area contributed by atoms with Gasteiger partial charge in [-0.2, -0.15) is 5.26 Å². The monoisotopic (exact) mass is 284 g/mol. The Labute approximate surface area is 125 Å². The van der Waals surface area contributed by atoms with E-state index in [1.807, 2.05) is 11.3 Å². The molecular formula is C18H22NS+. The molecule has 104 valence electrons. The average Bonchev–Trinajstić information content (AvgIpc) is 2.53. The van der Waals surface area contributed by atoms with E-state index in [9.17, 15) is 5.26 Å². The van der Waals surface area contributed by atoms with Gasteiger partial charge >= 0.3 is 0 Å². The minimum atomic E-state index is 0.699. The van der Waals surface area contributed by atoms with E-state index in [1.165, 1.54) is 61.8 Å². The van der Waals surface area contributed by atoms with Crippen molar-refractivity contribution in [2.24, 2.45) is 17.8 Å². The summed E-state index contributed by atoms with van der Waals surface area (Å²) < 4.78 is 0. The second-order valence-corrected chi connectivity index (χ2v) is 7.88. The summed E-state index contributed by atoms with van der Waals surface area (Å²) >= 11 is 1.88. The van der Waals surface area contributed by atoms with Gasteiger partial charge in [-0.3, -0.25) is 0 Å². The minimum Gasteiger partial charge on any atom is -0.192 e. The quantitative estimate of drug-likeness (QED) is 0.605. The molecule has 0 radical (unpaired) electrons. The number of rotatable bonds is 0. The molecule has 3 aliphatic rings. The second kappa shape index (κ2) is 5.11. The third-order valence-electron chi connectivity index (χ3n) is 6.11. The topological polar surface area (TPSA) is 23.8 Å². The van der Waals surface area contributed by atoms with Crippen LogP contribution >= 0.6 is 11.3 Å². The molecule has 0 aromatic carbocycles. The zero-order chi connectivity index (χ0) is 13.5. The Hall–Kier alpha value is -0.940. The first-order chi connectivity index (χ1) is 9.88. The van der Waals surface area contributed by atoms with Crippen LogP contribution in [-0.4, -0.2) is 0 Å². The van der Waals surface area contributed by atoms with Crippen LogP contribution in [0.2, 0.25) is 0 Å². The molecule has 2 saturated carbocycles. The Morgan fingerprint density at radius 1 is 1.05 bits per heavy atom. The smallest absolute Gasteiger partial charge is 0.192 e. The largest absolute Gasteiger partial charge is 0.215 e. The van der Waals surface area contributed by atoms with E-state index in [0.29, 0.717) is 5.92 Å². The van der Waals surface area contributed by atoms with Gasteiger partial charge in [0.05, 0.1) is 11.6 Å². The summed E-state index contributed by atoms with van der Waals surface area (Å²) in [6, 6.07) is 4.52. The molecule has 0 N–H and O–H groups in total. The summed E-state index contributed by atoms with van der Waals surface area (Å²) in [5, 5.41) is 11.6. The normalized spacial score (nSPS) is 35.4. The molecule has 4 unspecified atom stereocenters. The van der Waals surface area contributed by atoms with Gasteiger partial charge in [0.1, 0.15) is 0 Å².